The van der Waals surface area contributed by atoms with Crippen LogP contribution >= 0.6 is 30.1 Å². The lowest BCUT2D eigenvalue weighted by molar-refractivity contribution is -0.126. The Morgan fingerprint density at radius 2 is 2.29 bits per heavy atom. The predicted molar refractivity (Wildman–Crippen MR) is 104 cm³/mol. The molecule has 1 amide bonds. The van der Waals surface area contributed by atoms with Crippen LogP contribution < -0.4 is 5.43 Å². The zero-order valence-corrected chi connectivity index (χ0v) is 15.4. The van der Waals surface area contributed by atoms with Gasteiger partial charge in [0, 0.05) is 50.6 Å². The minimum absolute atomic E-state index is 0.0930. The molecular weight excluding hydrogens is 437 g/mol. The van der Waals surface area contributed by atoms with Crippen LogP contribution in [0.1, 0.15) is 18.4 Å². The van der Waals surface area contributed by atoms with Crippen molar-refractivity contribution in [3.8, 4) is 11.2 Å². The Hall–Kier alpha value is -1.99. The van der Waals surface area contributed by atoms with Crippen LogP contribution in [0.4, 0.5) is 5.82 Å². The van der Waals surface area contributed by atoms with E-state index in [0.717, 1.165) is 33.9 Å². The van der Waals surface area contributed by atoms with Crippen LogP contribution in [0.15, 0.2) is 24.5 Å². The molecule has 0 unspecified atom stereocenters. The van der Waals surface area contributed by atoms with Crippen molar-refractivity contribution in [2.75, 3.05) is 12.0 Å². The Labute approximate surface area is 154 Å². The molecule has 1 aliphatic heterocycles. The van der Waals surface area contributed by atoms with Crippen molar-refractivity contribution in [2.24, 2.45) is 0 Å². The van der Waals surface area contributed by atoms with Crippen molar-refractivity contribution in [1.29, 1.82) is 0 Å². The molecule has 8 heteroatoms. The molecule has 120 valence electrons. The Bertz CT molecular complexity index is 1010. The maximum absolute atomic E-state index is 11.9. The van der Waals surface area contributed by atoms with Gasteiger partial charge in [-0.2, -0.15) is 0 Å². The lowest BCUT2D eigenvalue weighted by atomic mass is 10.1. The topological polar surface area (TPSA) is 73.9 Å². The summed E-state index contributed by atoms with van der Waals surface area (Å²) in [5.41, 5.74) is 5.77. The molecule has 0 saturated carbocycles. The lowest BCUT2D eigenvalue weighted by Gasteiger charge is -2.17. The molecule has 0 radical (unpaired) electrons. The highest BCUT2D eigenvalue weighted by Crippen LogP contribution is 2.30. The van der Waals surface area contributed by atoms with Gasteiger partial charge in [-0.05, 0) is 32.7 Å². The van der Waals surface area contributed by atoms with Crippen molar-refractivity contribution in [1.82, 2.24) is 20.0 Å². The summed E-state index contributed by atoms with van der Waals surface area (Å²) in [6, 6.07) is 5.99. The molecule has 1 aliphatic rings. The van der Waals surface area contributed by atoms with Gasteiger partial charge in [0.2, 0.25) is 5.91 Å². The van der Waals surface area contributed by atoms with Crippen LogP contribution in [0, 0.1) is 11.2 Å². The number of hydrogen-bond donors (Lipinski definition) is 2. The van der Waals surface area contributed by atoms with Gasteiger partial charge in [-0.25, -0.2) is 9.97 Å². The second-order valence-corrected chi connectivity index (χ2v) is 7.08. The number of H-pyrrole nitrogens is 1. The molecule has 0 atom stereocenters. The first kappa shape index (κ1) is 15.5. The Balaban J connectivity index is 1.81. The van der Waals surface area contributed by atoms with E-state index in [0.29, 0.717) is 18.8 Å². The third-order valence-electron chi connectivity index (χ3n) is 3.94. The van der Waals surface area contributed by atoms with E-state index in [1.54, 1.807) is 5.01 Å². The molecule has 2 aromatic heterocycles. The van der Waals surface area contributed by atoms with Crippen LogP contribution in [0.25, 0.3) is 21.9 Å². The van der Waals surface area contributed by atoms with Crippen LogP contribution in [-0.4, -0.2) is 32.4 Å². The van der Waals surface area contributed by atoms with Crippen LogP contribution in [0.5, 0.6) is 0 Å². The van der Waals surface area contributed by atoms with Crippen LogP contribution in [0.2, 0.25) is 0 Å². The van der Waals surface area contributed by atoms with Crippen LogP contribution in [0.3, 0.4) is 0 Å². The standard InChI is InChI=1S/C16H12IN5OS/c17-24-7-5-10-3-4-11-12(8-10)20-15-14(11)16(19-9-18-15)21-22-6-1-2-13(22)23/h3-4,8-9H,1-2,6H2,(H2,18,19,20,21). The molecule has 4 rings (SSSR count). The normalized spacial score (nSPS) is 14.2. The molecule has 0 aliphatic carbocycles. The zero-order valence-electron chi connectivity index (χ0n) is 12.5. The molecule has 3 heterocycles. The fourth-order valence-electron chi connectivity index (χ4n) is 2.86. The van der Waals surface area contributed by atoms with Gasteiger partial charge >= 0.3 is 0 Å². The van der Waals surface area contributed by atoms with Crippen molar-refractivity contribution < 1.29 is 4.79 Å². The highest BCUT2D eigenvalue weighted by Gasteiger charge is 2.22. The van der Waals surface area contributed by atoms with E-state index in [1.807, 2.05) is 18.2 Å². The van der Waals surface area contributed by atoms with Crippen molar-refractivity contribution in [2.45, 2.75) is 12.8 Å². The van der Waals surface area contributed by atoms with E-state index in [-0.39, 0.29) is 5.91 Å². The number of aromatic amines is 1. The number of hydrazine groups is 1. The molecule has 1 fully saturated rings. The van der Waals surface area contributed by atoms with E-state index >= 15 is 0 Å². The molecule has 6 nitrogen and oxygen atoms in total. The largest absolute Gasteiger partial charge is 0.339 e. The number of anilines is 1. The first-order valence-electron chi connectivity index (χ1n) is 7.38. The second-order valence-electron chi connectivity index (χ2n) is 5.40. The number of amides is 1. The van der Waals surface area contributed by atoms with Gasteiger partial charge in [0.15, 0.2) is 5.82 Å². The average Bonchev–Trinajstić information content (AvgIpc) is 3.16. The Morgan fingerprint density at radius 3 is 3.08 bits per heavy atom. The summed E-state index contributed by atoms with van der Waals surface area (Å²) in [7, 11) is 1.46. The molecule has 0 bridgehead atoms. The lowest BCUT2D eigenvalue weighted by Crippen LogP contribution is -2.31. The smallest absolute Gasteiger partial charge is 0.241 e. The number of carbonyl (C=O) groups excluding carboxylic acids is 1. The average molecular weight is 449 g/mol. The molecule has 3 aromatic rings. The number of hydrogen-bond acceptors (Lipinski definition) is 5. The van der Waals surface area contributed by atoms with E-state index < -0.39 is 0 Å². The zero-order chi connectivity index (χ0) is 16.5. The van der Waals surface area contributed by atoms with Crippen molar-refractivity contribution in [3.05, 3.63) is 30.1 Å². The second kappa shape index (κ2) is 6.49. The van der Waals surface area contributed by atoms with Crippen molar-refractivity contribution in [3.63, 3.8) is 0 Å². The molecule has 24 heavy (non-hydrogen) atoms. The number of aromatic nitrogens is 3. The summed E-state index contributed by atoms with van der Waals surface area (Å²) < 4.78 is 0. The first-order chi connectivity index (χ1) is 11.8. The quantitative estimate of drug-likeness (QED) is 0.463. The van der Waals surface area contributed by atoms with E-state index in [2.05, 4.69) is 52.8 Å². The van der Waals surface area contributed by atoms with Gasteiger partial charge in [-0.1, -0.05) is 12.0 Å². The third kappa shape index (κ3) is 2.78. The number of benzene rings is 1. The fourth-order valence-corrected chi connectivity index (χ4v) is 3.35. The van der Waals surface area contributed by atoms with Gasteiger partial charge in [-0.3, -0.25) is 15.2 Å². The predicted octanol–water partition coefficient (Wildman–Crippen LogP) is 3.45. The van der Waals surface area contributed by atoms with Gasteiger partial charge in [-0.15, -0.1) is 0 Å². The molecule has 2 N–H and O–H groups in total. The van der Waals surface area contributed by atoms with Gasteiger partial charge in [0.25, 0.3) is 0 Å². The molecule has 1 saturated heterocycles. The van der Waals surface area contributed by atoms with Gasteiger partial charge in [0.05, 0.1) is 5.39 Å². The minimum atomic E-state index is 0.0930. The van der Waals surface area contributed by atoms with Crippen molar-refractivity contribution >= 4 is 63.8 Å². The Kier molecular flexibility index (Phi) is 4.20. The summed E-state index contributed by atoms with van der Waals surface area (Å²) in [6.07, 6.45) is 2.94. The van der Waals surface area contributed by atoms with E-state index in [9.17, 15) is 4.79 Å². The maximum Gasteiger partial charge on any atom is 0.241 e. The maximum atomic E-state index is 11.9. The summed E-state index contributed by atoms with van der Waals surface area (Å²) >= 11 is 2.15. The summed E-state index contributed by atoms with van der Waals surface area (Å²) in [6.45, 7) is 0.695. The number of carbonyl (C=O) groups is 1. The molecule has 0 spiro atoms. The van der Waals surface area contributed by atoms with Gasteiger partial charge in [0.1, 0.15) is 12.0 Å². The number of fused-ring (bicyclic) bond motifs is 3. The van der Waals surface area contributed by atoms with Gasteiger partial charge < -0.3 is 4.98 Å². The molecular formula is C16H12IN5OS. The SMILES string of the molecule is O=C1CCCN1Nc1ncnc2[nH]c3cc(C#CSI)ccc3c12. The van der Waals surface area contributed by atoms with E-state index in [1.165, 1.54) is 15.3 Å². The monoisotopic (exact) mass is 449 g/mol. The number of halogens is 1. The first-order valence-corrected chi connectivity index (χ1v) is 10.7. The summed E-state index contributed by atoms with van der Waals surface area (Å²) in [5.74, 6) is 3.83. The summed E-state index contributed by atoms with van der Waals surface area (Å²) in [4.78, 5) is 23.8. The van der Waals surface area contributed by atoms with E-state index in [4.69, 9.17) is 0 Å². The van der Waals surface area contributed by atoms with Crippen LogP contribution in [-0.2, 0) is 4.79 Å². The highest BCUT2D eigenvalue weighted by molar-refractivity contribution is 14.2. The number of nitrogens with one attached hydrogen (secondary N) is 2. The number of nitrogens with zero attached hydrogens (tertiary/aromatic N) is 3. The number of rotatable bonds is 2. The third-order valence-corrected chi connectivity index (χ3v) is 4.78. The molecule has 1 aromatic carbocycles. The summed E-state index contributed by atoms with van der Waals surface area (Å²) in [5, 5.41) is 6.50. The minimum Gasteiger partial charge on any atom is -0.339 e. The Morgan fingerprint density at radius 1 is 1.38 bits per heavy atom. The fraction of sp³-hybridized carbons (Fsp3) is 0.188. The highest BCUT2D eigenvalue weighted by atomic mass is 127.